The normalized spacial score (nSPS) is 12.9. The van der Waals surface area contributed by atoms with Gasteiger partial charge in [-0.2, -0.15) is 0 Å². The molecule has 2 N–H and O–H groups in total. The van der Waals surface area contributed by atoms with Crippen molar-refractivity contribution in [3.05, 3.63) is 52.7 Å². The van der Waals surface area contributed by atoms with Crippen molar-refractivity contribution in [2.24, 2.45) is 0 Å². The van der Waals surface area contributed by atoms with E-state index >= 15 is 0 Å². The molecule has 0 saturated carbocycles. The molecule has 88 valence electrons. The van der Waals surface area contributed by atoms with Crippen LogP contribution in [-0.2, 0) is 0 Å². The Kier molecular flexibility index (Phi) is 2.34. The van der Waals surface area contributed by atoms with Gasteiger partial charge in [-0.1, -0.05) is 24.3 Å². The lowest BCUT2D eigenvalue weighted by Gasteiger charge is -2.00. The number of carboxylic acid groups (broad SMARTS) is 1. The Hall–Kier alpha value is -2.62. The van der Waals surface area contributed by atoms with Crippen LogP contribution in [0.4, 0.5) is 0 Å². The van der Waals surface area contributed by atoms with Crippen LogP contribution in [0.1, 0.15) is 10.5 Å². The third-order valence-corrected chi connectivity index (χ3v) is 2.85. The SMILES string of the molecule is O=C(O)c1ccc2ccc3c(c2n1)=CC=CNC=3. The molecule has 4 heteroatoms. The second-order valence-corrected chi connectivity index (χ2v) is 3.98. The monoisotopic (exact) mass is 238 g/mol. The lowest BCUT2D eigenvalue weighted by Crippen LogP contribution is -2.27. The topological polar surface area (TPSA) is 62.2 Å². The molecular formula is C14H10N2O2. The predicted octanol–water partition coefficient (Wildman–Crippen LogP) is 0.568. The Balaban J connectivity index is 2.47. The van der Waals surface area contributed by atoms with Crippen LogP contribution >= 0.6 is 0 Å². The molecule has 0 spiro atoms. The van der Waals surface area contributed by atoms with Gasteiger partial charge in [-0.3, -0.25) is 0 Å². The van der Waals surface area contributed by atoms with E-state index in [1.807, 2.05) is 36.7 Å². The first-order valence-electron chi connectivity index (χ1n) is 5.52. The minimum atomic E-state index is -1.01. The lowest BCUT2D eigenvalue weighted by atomic mass is 10.1. The molecule has 1 aliphatic rings. The molecule has 0 aliphatic carbocycles. The van der Waals surface area contributed by atoms with Gasteiger partial charge in [0.25, 0.3) is 0 Å². The summed E-state index contributed by atoms with van der Waals surface area (Å²) in [5.74, 6) is -1.01. The van der Waals surface area contributed by atoms with Gasteiger partial charge in [0.1, 0.15) is 5.69 Å². The fraction of sp³-hybridized carbons (Fsp3) is 0. The van der Waals surface area contributed by atoms with Crippen molar-refractivity contribution < 1.29 is 9.90 Å². The number of aromatic nitrogens is 1. The van der Waals surface area contributed by atoms with E-state index in [-0.39, 0.29) is 5.69 Å². The molecule has 1 aromatic heterocycles. The van der Waals surface area contributed by atoms with Gasteiger partial charge in [-0.05, 0) is 17.4 Å². The number of carbonyl (C=O) groups is 1. The van der Waals surface area contributed by atoms with Gasteiger partial charge in [-0.25, -0.2) is 9.78 Å². The quantitative estimate of drug-likeness (QED) is 0.762. The molecule has 1 aliphatic heterocycles. The smallest absolute Gasteiger partial charge is 0.354 e. The van der Waals surface area contributed by atoms with Crippen LogP contribution in [0, 0.1) is 0 Å². The second-order valence-electron chi connectivity index (χ2n) is 3.98. The van der Waals surface area contributed by atoms with Crippen molar-refractivity contribution >= 4 is 29.1 Å². The molecule has 0 unspecified atom stereocenters. The summed E-state index contributed by atoms with van der Waals surface area (Å²) in [4.78, 5) is 15.2. The standard InChI is InChI=1S/C14H10N2O2/c17-14(18)12-6-5-9-3-4-10-8-15-7-1-2-11(10)13(9)16-12/h1-8,15H,(H,17,18). The third kappa shape index (κ3) is 1.64. The van der Waals surface area contributed by atoms with Gasteiger partial charge in [0.15, 0.2) is 0 Å². The van der Waals surface area contributed by atoms with E-state index in [1.54, 1.807) is 6.07 Å². The highest BCUT2D eigenvalue weighted by Crippen LogP contribution is 2.07. The Morgan fingerprint density at radius 2 is 2.06 bits per heavy atom. The van der Waals surface area contributed by atoms with Crippen LogP contribution in [-0.4, -0.2) is 16.1 Å². The van der Waals surface area contributed by atoms with Crippen LogP contribution in [0.2, 0.25) is 0 Å². The zero-order chi connectivity index (χ0) is 12.5. The first-order valence-corrected chi connectivity index (χ1v) is 5.52. The number of benzene rings is 1. The fourth-order valence-electron chi connectivity index (χ4n) is 1.98. The molecule has 4 nitrogen and oxygen atoms in total. The van der Waals surface area contributed by atoms with Crippen LogP contribution < -0.4 is 15.8 Å². The Morgan fingerprint density at radius 1 is 1.22 bits per heavy atom. The largest absolute Gasteiger partial charge is 0.477 e. The van der Waals surface area contributed by atoms with Crippen molar-refractivity contribution in [2.75, 3.05) is 0 Å². The van der Waals surface area contributed by atoms with Crippen molar-refractivity contribution in [3.63, 3.8) is 0 Å². The second kappa shape index (κ2) is 4.00. The average Bonchev–Trinajstić information content (AvgIpc) is 2.63. The maximum Gasteiger partial charge on any atom is 0.354 e. The van der Waals surface area contributed by atoms with E-state index in [0.717, 1.165) is 15.8 Å². The van der Waals surface area contributed by atoms with Crippen LogP contribution in [0.3, 0.4) is 0 Å². The molecule has 18 heavy (non-hydrogen) atoms. The zero-order valence-corrected chi connectivity index (χ0v) is 9.42. The Morgan fingerprint density at radius 3 is 2.89 bits per heavy atom. The molecule has 2 heterocycles. The summed E-state index contributed by atoms with van der Waals surface area (Å²) in [6.45, 7) is 0. The van der Waals surface area contributed by atoms with Gasteiger partial charge in [-0.15, -0.1) is 0 Å². The Labute approximate surface area is 103 Å². The minimum Gasteiger partial charge on any atom is -0.477 e. The maximum absolute atomic E-state index is 11.0. The summed E-state index contributed by atoms with van der Waals surface area (Å²) in [6, 6.07) is 7.22. The van der Waals surface area contributed by atoms with Crippen molar-refractivity contribution in [1.82, 2.24) is 10.3 Å². The molecule has 1 aromatic carbocycles. The van der Waals surface area contributed by atoms with Gasteiger partial charge in [0, 0.05) is 23.0 Å². The van der Waals surface area contributed by atoms with Crippen molar-refractivity contribution in [3.8, 4) is 0 Å². The highest BCUT2D eigenvalue weighted by molar-refractivity contribution is 5.90. The van der Waals surface area contributed by atoms with Gasteiger partial charge in [0.2, 0.25) is 0 Å². The molecule has 0 atom stereocenters. The van der Waals surface area contributed by atoms with Crippen molar-refractivity contribution in [2.45, 2.75) is 0 Å². The van der Waals surface area contributed by atoms with E-state index in [4.69, 9.17) is 5.11 Å². The molecule has 2 aromatic rings. The molecule has 0 fully saturated rings. The van der Waals surface area contributed by atoms with Crippen LogP contribution in [0.5, 0.6) is 0 Å². The number of pyridine rings is 1. The minimum absolute atomic E-state index is 0.0606. The van der Waals surface area contributed by atoms with E-state index in [9.17, 15) is 4.79 Å². The number of aromatic carboxylic acids is 1. The molecule has 0 amide bonds. The van der Waals surface area contributed by atoms with E-state index in [2.05, 4.69) is 10.3 Å². The van der Waals surface area contributed by atoms with Crippen LogP contribution in [0.25, 0.3) is 23.2 Å². The number of nitrogens with one attached hydrogen (secondary N) is 1. The maximum atomic E-state index is 11.0. The summed E-state index contributed by atoms with van der Waals surface area (Å²) in [7, 11) is 0. The van der Waals surface area contributed by atoms with E-state index < -0.39 is 5.97 Å². The van der Waals surface area contributed by atoms with E-state index in [0.29, 0.717) is 5.52 Å². The molecule has 0 bridgehead atoms. The first-order chi connectivity index (χ1) is 8.75. The van der Waals surface area contributed by atoms with E-state index in [1.165, 1.54) is 6.07 Å². The Bertz CT molecular complexity index is 791. The van der Waals surface area contributed by atoms with Gasteiger partial charge in [0.05, 0.1) is 5.52 Å². The summed E-state index contributed by atoms with van der Waals surface area (Å²) in [5, 5.41) is 14.9. The average molecular weight is 238 g/mol. The van der Waals surface area contributed by atoms with Gasteiger partial charge < -0.3 is 10.4 Å². The van der Waals surface area contributed by atoms with Crippen LogP contribution in [0.15, 0.2) is 36.5 Å². The number of hydrogen-bond donors (Lipinski definition) is 2. The summed E-state index contributed by atoms with van der Waals surface area (Å²) in [6.07, 6.45) is 7.47. The molecule has 3 rings (SSSR count). The highest BCUT2D eigenvalue weighted by atomic mass is 16.4. The lowest BCUT2D eigenvalue weighted by molar-refractivity contribution is 0.0691. The number of fused-ring (bicyclic) bond motifs is 3. The first kappa shape index (κ1) is 10.5. The number of hydrogen-bond acceptors (Lipinski definition) is 3. The summed E-state index contributed by atoms with van der Waals surface area (Å²) < 4.78 is 0. The predicted molar refractivity (Wildman–Crippen MR) is 69.2 cm³/mol. The molecule has 0 radical (unpaired) electrons. The summed E-state index contributed by atoms with van der Waals surface area (Å²) >= 11 is 0. The highest BCUT2D eigenvalue weighted by Gasteiger charge is 2.06. The number of nitrogens with zero attached hydrogens (tertiary/aromatic N) is 1. The fourth-order valence-corrected chi connectivity index (χ4v) is 1.98. The molecular weight excluding hydrogens is 228 g/mol. The number of allylic oxidation sites excluding steroid dienone is 1. The zero-order valence-electron chi connectivity index (χ0n) is 9.42. The van der Waals surface area contributed by atoms with Crippen molar-refractivity contribution in [1.29, 1.82) is 0 Å². The summed E-state index contributed by atoms with van der Waals surface area (Å²) in [5.41, 5.74) is 0.766. The van der Waals surface area contributed by atoms with Gasteiger partial charge >= 0.3 is 5.97 Å². The molecule has 0 saturated heterocycles. The number of carboxylic acids is 1. The number of rotatable bonds is 1. The third-order valence-electron chi connectivity index (χ3n) is 2.85.